The van der Waals surface area contributed by atoms with Gasteiger partial charge in [-0.1, -0.05) is 41.5 Å². The van der Waals surface area contributed by atoms with Gasteiger partial charge in [-0.2, -0.15) is 0 Å². The number of rotatable bonds is 6. The van der Waals surface area contributed by atoms with E-state index in [9.17, 15) is 9.59 Å². The Hall–Kier alpha value is -4.06. The molecule has 6 heteroatoms. The fraction of sp³-hybridized carbons (Fsp3) is 0.185. The molecule has 33 heavy (non-hydrogen) atoms. The molecule has 6 nitrogen and oxygen atoms in total. The zero-order valence-electron chi connectivity index (χ0n) is 19.4. The maximum absolute atomic E-state index is 13.6. The minimum Gasteiger partial charge on any atom is -0.493 e. The molecule has 0 bridgehead atoms. The number of nitrogens with zero attached hydrogens (tertiary/aromatic N) is 1. The fourth-order valence-electron chi connectivity index (χ4n) is 3.92. The number of carbonyl (C=O) groups is 2. The molecule has 3 aromatic rings. The molecular weight excluding hydrogens is 416 g/mol. The van der Waals surface area contributed by atoms with E-state index in [-0.39, 0.29) is 11.3 Å². The largest absolute Gasteiger partial charge is 0.493 e. The number of carbonyl (C=O) groups excluding carboxylic acids is 2. The SMILES string of the molecule is COc1ccc(C2=C(Nc3ccc(C)cc3C)C(=O)N(c3ccc(C)cc3)C2=O)cc1OC. The molecule has 1 aliphatic heterocycles. The number of nitrogens with one attached hydrogen (secondary N) is 1. The van der Waals surface area contributed by atoms with Crippen LogP contribution in [0.25, 0.3) is 5.57 Å². The lowest BCUT2D eigenvalue weighted by Crippen LogP contribution is -2.32. The minimum absolute atomic E-state index is 0.222. The van der Waals surface area contributed by atoms with Gasteiger partial charge >= 0.3 is 0 Å². The Morgan fingerprint density at radius 3 is 2.03 bits per heavy atom. The van der Waals surface area contributed by atoms with E-state index in [2.05, 4.69) is 5.32 Å². The van der Waals surface area contributed by atoms with Crippen LogP contribution >= 0.6 is 0 Å². The van der Waals surface area contributed by atoms with Gasteiger partial charge < -0.3 is 14.8 Å². The van der Waals surface area contributed by atoms with Crippen molar-refractivity contribution in [2.24, 2.45) is 0 Å². The first-order chi connectivity index (χ1) is 15.8. The Morgan fingerprint density at radius 1 is 0.727 bits per heavy atom. The van der Waals surface area contributed by atoms with Crippen LogP contribution in [0.4, 0.5) is 11.4 Å². The van der Waals surface area contributed by atoms with Gasteiger partial charge in [0.1, 0.15) is 5.70 Å². The molecule has 1 heterocycles. The molecule has 0 saturated carbocycles. The first-order valence-electron chi connectivity index (χ1n) is 10.6. The van der Waals surface area contributed by atoms with Crippen molar-refractivity contribution >= 4 is 28.8 Å². The average Bonchev–Trinajstić information content (AvgIpc) is 3.05. The number of methoxy groups -OCH3 is 2. The first kappa shape index (κ1) is 22.1. The number of hydrogen-bond acceptors (Lipinski definition) is 5. The van der Waals surface area contributed by atoms with Gasteiger partial charge in [-0.25, -0.2) is 4.90 Å². The number of ether oxygens (including phenoxy) is 2. The summed E-state index contributed by atoms with van der Waals surface area (Å²) in [6.07, 6.45) is 0. The highest BCUT2D eigenvalue weighted by molar-refractivity contribution is 6.46. The quantitative estimate of drug-likeness (QED) is 0.543. The van der Waals surface area contributed by atoms with Gasteiger partial charge in [-0.15, -0.1) is 0 Å². The lowest BCUT2D eigenvalue weighted by Gasteiger charge is -2.16. The molecular formula is C27H26N2O4. The third-order valence-electron chi connectivity index (χ3n) is 5.69. The van der Waals surface area contributed by atoms with Gasteiger partial charge in [0.25, 0.3) is 11.8 Å². The van der Waals surface area contributed by atoms with E-state index in [0.717, 1.165) is 22.4 Å². The van der Waals surface area contributed by atoms with E-state index in [1.54, 1.807) is 37.4 Å². The highest BCUT2D eigenvalue weighted by Gasteiger charge is 2.40. The molecule has 0 saturated heterocycles. The van der Waals surface area contributed by atoms with Crippen molar-refractivity contribution in [1.82, 2.24) is 0 Å². The van der Waals surface area contributed by atoms with Crippen molar-refractivity contribution in [1.29, 1.82) is 0 Å². The van der Waals surface area contributed by atoms with E-state index < -0.39 is 11.8 Å². The van der Waals surface area contributed by atoms with Crippen LogP contribution < -0.4 is 19.7 Å². The van der Waals surface area contributed by atoms with E-state index >= 15 is 0 Å². The lowest BCUT2D eigenvalue weighted by molar-refractivity contribution is -0.120. The number of anilines is 2. The monoisotopic (exact) mass is 442 g/mol. The fourth-order valence-corrected chi connectivity index (χ4v) is 3.92. The van der Waals surface area contributed by atoms with E-state index in [4.69, 9.17) is 9.47 Å². The van der Waals surface area contributed by atoms with Crippen LogP contribution in [0.5, 0.6) is 11.5 Å². The normalized spacial score (nSPS) is 13.5. The van der Waals surface area contributed by atoms with Crippen LogP contribution in [0.1, 0.15) is 22.3 Å². The molecule has 4 rings (SSSR count). The molecule has 3 aromatic carbocycles. The second kappa shape index (κ2) is 8.82. The molecule has 0 unspecified atom stereocenters. The smallest absolute Gasteiger partial charge is 0.282 e. The van der Waals surface area contributed by atoms with Crippen molar-refractivity contribution in [2.75, 3.05) is 24.4 Å². The zero-order chi connectivity index (χ0) is 23.7. The summed E-state index contributed by atoms with van der Waals surface area (Å²) in [4.78, 5) is 28.4. The molecule has 0 spiro atoms. The number of hydrogen-bond donors (Lipinski definition) is 1. The summed E-state index contributed by atoms with van der Waals surface area (Å²) >= 11 is 0. The van der Waals surface area contributed by atoms with Crippen LogP contribution in [0, 0.1) is 20.8 Å². The highest BCUT2D eigenvalue weighted by atomic mass is 16.5. The maximum Gasteiger partial charge on any atom is 0.282 e. The molecule has 0 radical (unpaired) electrons. The van der Waals surface area contributed by atoms with E-state index in [1.165, 1.54) is 12.0 Å². The molecule has 0 aliphatic carbocycles. The molecule has 1 aliphatic rings. The maximum atomic E-state index is 13.6. The zero-order valence-corrected chi connectivity index (χ0v) is 19.4. The Morgan fingerprint density at radius 2 is 1.39 bits per heavy atom. The highest BCUT2D eigenvalue weighted by Crippen LogP contribution is 2.37. The Kier molecular flexibility index (Phi) is 5.92. The molecule has 0 aromatic heterocycles. The summed E-state index contributed by atoms with van der Waals surface area (Å²) in [6.45, 7) is 5.93. The Labute approximate surface area is 193 Å². The third kappa shape index (κ3) is 4.07. The predicted octanol–water partition coefficient (Wildman–Crippen LogP) is 5.03. The van der Waals surface area contributed by atoms with Gasteiger partial charge in [-0.3, -0.25) is 9.59 Å². The van der Waals surface area contributed by atoms with Crippen molar-refractivity contribution in [3.8, 4) is 11.5 Å². The standard InChI is InChI=1S/C27H26N2O4/c1-16-6-10-20(11-7-16)29-26(30)24(19-9-13-22(32-4)23(15-19)33-5)25(27(29)31)28-21-12-8-17(2)14-18(21)3/h6-15,28H,1-5H3. The van der Waals surface area contributed by atoms with Gasteiger partial charge in [0, 0.05) is 5.69 Å². The third-order valence-corrected chi connectivity index (χ3v) is 5.69. The summed E-state index contributed by atoms with van der Waals surface area (Å²) in [5.41, 5.74) is 5.48. The summed E-state index contributed by atoms with van der Waals surface area (Å²) in [5.74, 6) is 0.206. The van der Waals surface area contributed by atoms with Gasteiger partial charge in [-0.05, 0) is 62.2 Å². The summed E-state index contributed by atoms with van der Waals surface area (Å²) in [7, 11) is 3.08. The molecule has 1 N–H and O–H groups in total. The number of imide groups is 1. The van der Waals surface area contributed by atoms with E-state index in [0.29, 0.717) is 22.7 Å². The topological polar surface area (TPSA) is 67.9 Å². The predicted molar refractivity (Wildman–Crippen MR) is 130 cm³/mol. The Balaban J connectivity index is 1.86. The second-order valence-corrected chi connectivity index (χ2v) is 8.04. The first-order valence-corrected chi connectivity index (χ1v) is 10.6. The number of aryl methyl sites for hydroxylation is 3. The second-order valence-electron chi connectivity index (χ2n) is 8.04. The average molecular weight is 443 g/mol. The van der Waals surface area contributed by atoms with Crippen LogP contribution in [-0.4, -0.2) is 26.0 Å². The molecule has 0 fully saturated rings. The van der Waals surface area contributed by atoms with Crippen LogP contribution in [0.15, 0.2) is 66.4 Å². The van der Waals surface area contributed by atoms with Gasteiger partial charge in [0.15, 0.2) is 11.5 Å². The van der Waals surface area contributed by atoms with Crippen molar-refractivity contribution < 1.29 is 19.1 Å². The molecule has 0 atom stereocenters. The number of amides is 2. The summed E-state index contributed by atoms with van der Waals surface area (Å²) < 4.78 is 10.8. The summed E-state index contributed by atoms with van der Waals surface area (Å²) in [5, 5.41) is 3.24. The summed E-state index contributed by atoms with van der Waals surface area (Å²) in [6, 6.07) is 18.4. The molecule has 168 valence electrons. The van der Waals surface area contributed by atoms with Crippen molar-refractivity contribution in [3.63, 3.8) is 0 Å². The van der Waals surface area contributed by atoms with Gasteiger partial charge in [0.2, 0.25) is 0 Å². The van der Waals surface area contributed by atoms with Crippen LogP contribution in [0.3, 0.4) is 0 Å². The van der Waals surface area contributed by atoms with Gasteiger partial charge in [0.05, 0.1) is 25.5 Å². The van der Waals surface area contributed by atoms with Crippen molar-refractivity contribution in [2.45, 2.75) is 20.8 Å². The van der Waals surface area contributed by atoms with Crippen molar-refractivity contribution in [3.05, 3.63) is 88.6 Å². The Bertz CT molecular complexity index is 1280. The lowest BCUT2D eigenvalue weighted by atomic mass is 10.0. The van der Waals surface area contributed by atoms with Crippen LogP contribution in [-0.2, 0) is 9.59 Å². The molecule has 2 amide bonds. The van der Waals surface area contributed by atoms with E-state index in [1.807, 2.05) is 51.1 Å². The van der Waals surface area contributed by atoms with Crippen LogP contribution in [0.2, 0.25) is 0 Å². The minimum atomic E-state index is -0.409. The number of benzene rings is 3.